The molecule has 1 aliphatic rings. The summed E-state index contributed by atoms with van der Waals surface area (Å²) < 4.78 is 10.3. The summed E-state index contributed by atoms with van der Waals surface area (Å²) >= 11 is 0. The van der Waals surface area contributed by atoms with Gasteiger partial charge in [0.1, 0.15) is 6.10 Å². The topological polar surface area (TPSA) is 52.6 Å². The molecule has 0 amide bonds. The van der Waals surface area contributed by atoms with E-state index in [4.69, 9.17) is 9.47 Å². The van der Waals surface area contributed by atoms with Gasteiger partial charge in [-0.15, -0.1) is 0 Å². The maximum atomic E-state index is 11.0. The van der Waals surface area contributed by atoms with Crippen molar-refractivity contribution in [2.24, 2.45) is 0 Å². The van der Waals surface area contributed by atoms with Crippen molar-refractivity contribution in [2.75, 3.05) is 0 Å². The zero-order chi connectivity index (χ0) is 12.0. The third kappa shape index (κ3) is 4.47. The van der Waals surface area contributed by atoms with Gasteiger partial charge < -0.3 is 9.47 Å². The van der Waals surface area contributed by atoms with Gasteiger partial charge in [0.25, 0.3) is 0 Å². The van der Waals surface area contributed by atoms with Crippen LogP contribution in [0.1, 0.15) is 39.5 Å². The number of hydrogen-bond acceptors (Lipinski definition) is 4. The van der Waals surface area contributed by atoms with Crippen LogP contribution in [0, 0.1) is 0 Å². The molecule has 16 heavy (non-hydrogen) atoms. The molecule has 0 saturated heterocycles. The van der Waals surface area contributed by atoms with Gasteiger partial charge in [-0.25, -0.2) is 0 Å². The van der Waals surface area contributed by atoms with E-state index < -0.39 is 6.10 Å². The molecular weight excluding hydrogens is 208 g/mol. The largest absolute Gasteiger partial charge is 0.458 e. The van der Waals surface area contributed by atoms with Crippen molar-refractivity contribution in [1.29, 1.82) is 0 Å². The second-order valence-electron chi connectivity index (χ2n) is 3.93. The summed E-state index contributed by atoms with van der Waals surface area (Å²) in [6, 6.07) is 0. The molecule has 90 valence electrons. The van der Waals surface area contributed by atoms with Crippen molar-refractivity contribution < 1.29 is 19.1 Å². The highest BCUT2D eigenvalue weighted by molar-refractivity contribution is 5.67. The second-order valence-corrected chi connectivity index (χ2v) is 3.93. The van der Waals surface area contributed by atoms with Gasteiger partial charge in [0.05, 0.1) is 0 Å². The molecule has 2 atom stereocenters. The Morgan fingerprint density at radius 3 is 2.44 bits per heavy atom. The van der Waals surface area contributed by atoms with E-state index in [1.165, 1.54) is 13.8 Å². The maximum Gasteiger partial charge on any atom is 0.303 e. The fourth-order valence-corrected chi connectivity index (χ4v) is 1.77. The van der Waals surface area contributed by atoms with Crippen LogP contribution in [0.25, 0.3) is 0 Å². The molecule has 0 spiro atoms. The number of esters is 2. The molecule has 1 aliphatic carbocycles. The predicted molar refractivity (Wildman–Crippen MR) is 58.7 cm³/mol. The average Bonchev–Trinajstić information content (AvgIpc) is 2.15. The minimum Gasteiger partial charge on any atom is -0.458 e. The van der Waals surface area contributed by atoms with E-state index in [2.05, 4.69) is 0 Å². The summed E-state index contributed by atoms with van der Waals surface area (Å²) in [5, 5.41) is 0. The van der Waals surface area contributed by atoms with Gasteiger partial charge in [-0.05, 0) is 31.8 Å². The predicted octanol–water partition coefficient (Wildman–Crippen LogP) is 1.98. The van der Waals surface area contributed by atoms with E-state index >= 15 is 0 Å². The number of rotatable bonds is 2. The van der Waals surface area contributed by atoms with Crippen LogP contribution in [0.15, 0.2) is 12.2 Å². The lowest BCUT2D eigenvalue weighted by atomic mass is 10.0. The summed E-state index contributed by atoms with van der Waals surface area (Å²) in [6.45, 7) is 2.73. The Kier molecular flexibility index (Phi) is 5.02. The summed E-state index contributed by atoms with van der Waals surface area (Å²) in [6.07, 6.45) is 6.75. The Morgan fingerprint density at radius 1 is 1.12 bits per heavy atom. The summed E-state index contributed by atoms with van der Waals surface area (Å²) in [4.78, 5) is 21.9. The van der Waals surface area contributed by atoms with Crippen molar-refractivity contribution in [1.82, 2.24) is 0 Å². The molecule has 2 unspecified atom stereocenters. The van der Waals surface area contributed by atoms with E-state index in [1.54, 1.807) is 0 Å². The fraction of sp³-hybridized carbons (Fsp3) is 0.667. The van der Waals surface area contributed by atoms with Crippen LogP contribution >= 0.6 is 0 Å². The molecule has 0 aliphatic heterocycles. The molecule has 0 aromatic heterocycles. The molecule has 0 N–H and O–H groups in total. The highest BCUT2D eigenvalue weighted by atomic mass is 16.6. The van der Waals surface area contributed by atoms with Gasteiger partial charge in [0.15, 0.2) is 6.10 Å². The molecule has 1 rings (SSSR count). The van der Waals surface area contributed by atoms with Gasteiger partial charge in [0.2, 0.25) is 0 Å². The van der Waals surface area contributed by atoms with Gasteiger partial charge >= 0.3 is 11.9 Å². The maximum absolute atomic E-state index is 11.0. The molecule has 0 aromatic rings. The highest BCUT2D eigenvalue weighted by Crippen LogP contribution is 2.18. The Bertz CT molecular complexity index is 283. The van der Waals surface area contributed by atoms with Crippen LogP contribution < -0.4 is 0 Å². The van der Waals surface area contributed by atoms with Crippen LogP contribution in [0.4, 0.5) is 0 Å². The number of hydrogen-bond donors (Lipinski definition) is 0. The van der Waals surface area contributed by atoms with Crippen LogP contribution in [0.2, 0.25) is 0 Å². The summed E-state index contributed by atoms with van der Waals surface area (Å²) in [5.74, 6) is -0.691. The second kappa shape index (κ2) is 6.30. The zero-order valence-electron chi connectivity index (χ0n) is 9.77. The average molecular weight is 226 g/mol. The van der Waals surface area contributed by atoms with Crippen LogP contribution in [-0.4, -0.2) is 24.1 Å². The Labute approximate surface area is 95.6 Å². The molecule has 0 bridgehead atoms. The van der Waals surface area contributed by atoms with Crippen molar-refractivity contribution in [2.45, 2.75) is 51.7 Å². The lowest BCUT2D eigenvalue weighted by Crippen LogP contribution is -2.33. The van der Waals surface area contributed by atoms with E-state index in [1.807, 2.05) is 12.2 Å². The smallest absolute Gasteiger partial charge is 0.303 e. The molecule has 0 saturated carbocycles. The first-order valence-electron chi connectivity index (χ1n) is 5.60. The Balaban J connectivity index is 2.69. The van der Waals surface area contributed by atoms with Gasteiger partial charge in [-0.3, -0.25) is 9.59 Å². The van der Waals surface area contributed by atoms with Crippen LogP contribution in [-0.2, 0) is 19.1 Å². The standard InChI is InChI=1S/C12H18O4/c1-9(13)15-11-7-5-3-4-6-8-12(11)16-10(2)14/h5,7,11-12H,3-4,6,8H2,1-2H3/b7-5-. The number of allylic oxidation sites excluding steroid dienone is 1. The first kappa shape index (κ1) is 12.7. The summed E-state index contributed by atoms with van der Waals surface area (Å²) in [7, 11) is 0. The minimum absolute atomic E-state index is 0.337. The number of carbonyl (C=O) groups excluding carboxylic acids is 2. The van der Waals surface area contributed by atoms with E-state index in [0.29, 0.717) is 0 Å². The van der Waals surface area contributed by atoms with Gasteiger partial charge in [0, 0.05) is 13.8 Å². The normalized spacial score (nSPS) is 27.4. The van der Waals surface area contributed by atoms with Crippen LogP contribution in [0.5, 0.6) is 0 Å². The lowest BCUT2D eigenvalue weighted by molar-refractivity contribution is -0.162. The molecule has 4 heteroatoms. The Hall–Kier alpha value is -1.32. The zero-order valence-corrected chi connectivity index (χ0v) is 9.77. The quantitative estimate of drug-likeness (QED) is 0.533. The fourth-order valence-electron chi connectivity index (χ4n) is 1.77. The molecule has 0 heterocycles. The molecule has 4 nitrogen and oxygen atoms in total. The molecule has 0 aromatic carbocycles. The SMILES string of the molecule is CC(=O)OC1/C=C\CCCCC1OC(C)=O. The van der Waals surface area contributed by atoms with E-state index in [-0.39, 0.29) is 18.0 Å². The highest BCUT2D eigenvalue weighted by Gasteiger charge is 2.25. The monoisotopic (exact) mass is 226 g/mol. The third-order valence-corrected chi connectivity index (χ3v) is 2.42. The van der Waals surface area contributed by atoms with E-state index in [0.717, 1.165) is 25.7 Å². The first-order valence-corrected chi connectivity index (χ1v) is 5.60. The summed E-state index contributed by atoms with van der Waals surface area (Å²) in [5.41, 5.74) is 0. The van der Waals surface area contributed by atoms with Crippen molar-refractivity contribution in [3.8, 4) is 0 Å². The Morgan fingerprint density at radius 2 is 1.81 bits per heavy atom. The first-order chi connectivity index (χ1) is 7.59. The van der Waals surface area contributed by atoms with Gasteiger partial charge in [-0.1, -0.05) is 6.08 Å². The lowest BCUT2D eigenvalue weighted by Gasteiger charge is -2.25. The van der Waals surface area contributed by atoms with Crippen molar-refractivity contribution in [3.05, 3.63) is 12.2 Å². The van der Waals surface area contributed by atoms with Crippen molar-refractivity contribution >= 4 is 11.9 Å². The molecular formula is C12H18O4. The number of ether oxygens (including phenoxy) is 2. The number of carbonyl (C=O) groups is 2. The minimum atomic E-state index is -0.443. The van der Waals surface area contributed by atoms with Crippen LogP contribution in [0.3, 0.4) is 0 Å². The van der Waals surface area contributed by atoms with Gasteiger partial charge in [-0.2, -0.15) is 0 Å². The molecule has 0 fully saturated rings. The van der Waals surface area contributed by atoms with E-state index in [9.17, 15) is 9.59 Å². The third-order valence-electron chi connectivity index (χ3n) is 2.42. The molecule has 0 radical (unpaired) electrons. The van der Waals surface area contributed by atoms with Crippen molar-refractivity contribution in [3.63, 3.8) is 0 Å².